The van der Waals surface area contributed by atoms with Crippen LogP contribution in [0.25, 0.3) is 16.9 Å². The van der Waals surface area contributed by atoms with Crippen LogP contribution in [0.2, 0.25) is 5.02 Å². The molecule has 4 heteroatoms. The van der Waals surface area contributed by atoms with E-state index in [2.05, 4.69) is 65.3 Å². The van der Waals surface area contributed by atoms with Gasteiger partial charge in [0.25, 0.3) is 5.91 Å². The number of rotatable bonds is 5. The van der Waals surface area contributed by atoms with Gasteiger partial charge in [-0.15, -0.1) is 0 Å². The van der Waals surface area contributed by atoms with Crippen LogP contribution >= 0.6 is 11.6 Å². The first-order valence-corrected chi connectivity index (χ1v) is 11.9. The van der Waals surface area contributed by atoms with Crippen molar-refractivity contribution in [3.05, 3.63) is 112 Å². The predicted octanol–water partition coefficient (Wildman–Crippen LogP) is 6.85. The van der Waals surface area contributed by atoms with Gasteiger partial charge in [-0.25, -0.2) is 0 Å². The molecule has 0 saturated carbocycles. The molecule has 0 aliphatic heterocycles. The van der Waals surface area contributed by atoms with Crippen LogP contribution in [0.15, 0.2) is 84.9 Å². The quantitative estimate of drug-likeness (QED) is 0.351. The first-order valence-electron chi connectivity index (χ1n) is 11.5. The Kier molecular flexibility index (Phi) is 6.06. The molecule has 0 fully saturated rings. The number of hydrogen-bond acceptors (Lipinski definition) is 1. The van der Waals surface area contributed by atoms with Gasteiger partial charge in [0.1, 0.15) is 0 Å². The molecule has 0 spiro atoms. The molecule has 0 bridgehead atoms. The van der Waals surface area contributed by atoms with Crippen LogP contribution in [0.5, 0.6) is 0 Å². The Labute approximate surface area is 200 Å². The zero-order valence-corrected chi connectivity index (χ0v) is 19.5. The van der Waals surface area contributed by atoms with Gasteiger partial charge in [0.15, 0.2) is 0 Å². The average molecular weight is 455 g/mol. The Hall–Kier alpha value is -3.30. The van der Waals surface area contributed by atoms with E-state index in [1.807, 2.05) is 36.4 Å². The van der Waals surface area contributed by atoms with Gasteiger partial charge in [-0.2, -0.15) is 0 Å². The van der Waals surface area contributed by atoms with Crippen LogP contribution in [-0.2, 0) is 19.4 Å². The van der Waals surface area contributed by atoms with Crippen LogP contribution < -0.4 is 5.32 Å². The molecule has 5 rings (SSSR count). The minimum absolute atomic E-state index is 0.0897. The molecule has 1 atom stereocenters. The fourth-order valence-corrected chi connectivity index (χ4v) is 4.93. The predicted molar refractivity (Wildman–Crippen MR) is 135 cm³/mol. The normalized spacial score (nSPS) is 15.2. The van der Waals surface area contributed by atoms with E-state index in [1.54, 1.807) is 0 Å². The van der Waals surface area contributed by atoms with Gasteiger partial charge in [0.2, 0.25) is 0 Å². The number of aromatic nitrogens is 1. The summed E-state index contributed by atoms with van der Waals surface area (Å²) < 4.78 is 2.38. The maximum atomic E-state index is 12.7. The third-order valence-corrected chi connectivity index (χ3v) is 6.67. The van der Waals surface area contributed by atoms with Crippen LogP contribution in [-0.4, -0.2) is 10.5 Å². The van der Waals surface area contributed by atoms with Crippen LogP contribution in [0, 0.1) is 5.92 Å². The van der Waals surface area contributed by atoms with Crippen LogP contribution in [0.1, 0.15) is 40.5 Å². The Bertz CT molecular complexity index is 1270. The molecular formula is C29H27ClN2O. The van der Waals surface area contributed by atoms with Crippen molar-refractivity contribution in [3.63, 3.8) is 0 Å². The van der Waals surface area contributed by atoms with Gasteiger partial charge in [-0.1, -0.05) is 61.0 Å². The summed E-state index contributed by atoms with van der Waals surface area (Å²) in [5.74, 6) is 0.621. The number of benzene rings is 3. The van der Waals surface area contributed by atoms with E-state index in [0.717, 1.165) is 24.1 Å². The minimum atomic E-state index is -0.0897. The summed E-state index contributed by atoms with van der Waals surface area (Å²) in [4.78, 5) is 12.7. The first kappa shape index (κ1) is 21.5. The molecule has 0 saturated heterocycles. The van der Waals surface area contributed by atoms with Gasteiger partial charge < -0.3 is 9.88 Å². The maximum absolute atomic E-state index is 12.7. The summed E-state index contributed by atoms with van der Waals surface area (Å²) in [6.45, 7) is 2.78. The number of nitrogens with zero attached hydrogens (tertiary/aromatic N) is 1. The molecule has 0 radical (unpaired) electrons. The van der Waals surface area contributed by atoms with Gasteiger partial charge in [-0.05, 0) is 84.3 Å². The number of carbonyl (C=O) groups is 1. The summed E-state index contributed by atoms with van der Waals surface area (Å²) in [6, 6.07) is 28.4. The van der Waals surface area contributed by atoms with Crippen molar-refractivity contribution in [2.75, 3.05) is 0 Å². The van der Waals surface area contributed by atoms with E-state index >= 15 is 0 Å². The van der Waals surface area contributed by atoms with Gasteiger partial charge >= 0.3 is 0 Å². The molecule has 1 aliphatic carbocycles. The molecular weight excluding hydrogens is 428 g/mol. The Morgan fingerprint density at radius 1 is 1.00 bits per heavy atom. The van der Waals surface area contributed by atoms with Gasteiger partial charge in [0.05, 0.1) is 5.69 Å². The SMILES string of the molecule is C[C@@H]1CCc2c(cc(-c3ccccc3)n2-c2ccc(C(=O)NCc3cccc(Cl)c3)cc2)C1. The first-order chi connectivity index (χ1) is 16.1. The van der Waals surface area contributed by atoms with E-state index in [9.17, 15) is 4.79 Å². The maximum Gasteiger partial charge on any atom is 0.251 e. The third-order valence-electron chi connectivity index (χ3n) is 6.43. The van der Waals surface area contributed by atoms with E-state index in [0.29, 0.717) is 23.0 Å². The van der Waals surface area contributed by atoms with Crippen LogP contribution in [0.3, 0.4) is 0 Å². The highest BCUT2D eigenvalue weighted by Crippen LogP contribution is 2.35. The second-order valence-corrected chi connectivity index (χ2v) is 9.35. The smallest absolute Gasteiger partial charge is 0.251 e. The lowest BCUT2D eigenvalue weighted by Gasteiger charge is -2.21. The summed E-state index contributed by atoms with van der Waals surface area (Å²) >= 11 is 6.04. The monoisotopic (exact) mass is 454 g/mol. The molecule has 1 aliphatic rings. The van der Waals surface area contributed by atoms with Crippen molar-refractivity contribution in [3.8, 4) is 16.9 Å². The lowest BCUT2D eigenvalue weighted by atomic mass is 9.89. The zero-order chi connectivity index (χ0) is 22.8. The molecule has 3 aromatic carbocycles. The van der Waals surface area contributed by atoms with Crippen molar-refractivity contribution in [2.45, 2.75) is 32.7 Å². The van der Waals surface area contributed by atoms with Gasteiger partial charge in [0, 0.05) is 28.5 Å². The Balaban J connectivity index is 1.42. The van der Waals surface area contributed by atoms with Crippen molar-refractivity contribution in [2.24, 2.45) is 5.92 Å². The van der Waals surface area contributed by atoms with Crippen molar-refractivity contribution in [1.29, 1.82) is 0 Å². The molecule has 4 aromatic rings. The summed E-state index contributed by atoms with van der Waals surface area (Å²) in [5, 5.41) is 3.66. The van der Waals surface area contributed by atoms with E-state index < -0.39 is 0 Å². The average Bonchev–Trinajstić information content (AvgIpc) is 3.22. The third kappa shape index (κ3) is 4.60. The lowest BCUT2D eigenvalue weighted by molar-refractivity contribution is 0.0951. The Morgan fingerprint density at radius 3 is 2.55 bits per heavy atom. The molecule has 3 nitrogen and oxygen atoms in total. The molecule has 166 valence electrons. The highest BCUT2D eigenvalue weighted by atomic mass is 35.5. The molecule has 1 N–H and O–H groups in total. The number of halogens is 1. The number of carbonyl (C=O) groups excluding carboxylic acids is 1. The molecule has 1 amide bonds. The Morgan fingerprint density at radius 2 is 1.79 bits per heavy atom. The largest absolute Gasteiger partial charge is 0.348 e. The number of hydrogen-bond donors (Lipinski definition) is 1. The van der Waals surface area contributed by atoms with Crippen molar-refractivity contribution >= 4 is 17.5 Å². The van der Waals surface area contributed by atoms with E-state index in [-0.39, 0.29) is 5.91 Å². The minimum Gasteiger partial charge on any atom is -0.348 e. The molecule has 1 heterocycles. The molecule has 33 heavy (non-hydrogen) atoms. The fraction of sp³-hybridized carbons (Fsp3) is 0.207. The summed E-state index contributed by atoms with van der Waals surface area (Å²) in [7, 11) is 0. The highest BCUT2D eigenvalue weighted by Gasteiger charge is 2.23. The topological polar surface area (TPSA) is 34.0 Å². The fourth-order valence-electron chi connectivity index (χ4n) is 4.72. The standard InChI is InChI=1S/C29H27ClN2O/c1-20-10-15-27-24(16-20)18-28(22-7-3-2-4-8-22)32(27)26-13-11-23(12-14-26)29(33)31-19-21-6-5-9-25(30)17-21/h2-9,11-14,17-18,20H,10,15-16,19H2,1H3,(H,31,33)/t20-/m1/s1. The summed E-state index contributed by atoms with van der Waals surface area (Å²) in [6.07, 6.45) is 3.40. The number of nitrogens with one attached hydrogen (secondary N) is 1. The van der Waals surface area contributed by atoms with E-state index in [1.165, 1.54) is 28.9 Å². The number of amides is 1. The second kappa shape index (κ2) is 9.29. The zero-order valence-electron chi connectivity index (χ0n) is 18.7. The van der Waals surface area contributed by atoms with Gasteiger partial charge in [-0.3, -0.25) is 4.79 Å². The van der Waals surface area contributed by atoms with Crippen LogP contribution in [0.4, 0.5) is 0 Å². The highest BCUT2D eigenvalue weighted by molar-refractivity contribution is 6.30. The molecule has 0 unspecified atom stereocenters. The number of fused-ring (bicyclic) bond motifs is 1. The van der Waals surface area contributed by atoms with Crippen molar-refractivity contribution < 1.29 is 4.79 Å². The van der Waals surface area contributed by atoms with Crippen molar-refractivity contribution in [1.82, 2.24) is 9.88 Å². The second-order valence-electron chi connectivity index (χ2n) is 8.91. The molecule has 1 aromatic heterocycles. The lowest BCUT2D eigenvalue weighted by Crippen LogP contribution is -2.22. The van der Waals surface area contributed by atoms with E-state index in [4.69, 9.17) is 11.6 Å². The summed E-state index contributed by atoms with van der Waals surface area (Å²) in [5.41, 5.74) is 7.98.